The Morgan fingerprint density at radius 3 is 2.78 bits per heavy atom. The highest BCUT2D eigenvalue weighted by Crippen LogP contribution is 2.15. The van der Waals surface area contributed by atoms with Crippen molar-refractivity contribution in [2.24, 2.45) is 7.05 Å². The molecular weight excluding hydrogens is 228 g/mol. The van der Waals surface area contributed by atoms with Crippen LogP contribution in [-0.2, 0) is 13.6 Å². The molecule has 0 amide bonds. The van der Waals surface area contributed by atoms with Crippen molar-refractivity contribution in [1.29, 1.82) is 0 Å². The summed E-state index contributed by atoms with van der Waals surface area (Å²) < 4.78 is 2.00. The summed E-state index contributed by atoms with van der Waals surface area (Å²) in [7, 11) is 5.83. The van der Waals surface area contributed by atoms with Gasteiger partial charge >= 0.3 is 0 Å². The van der Waals surface area contributed by atoms with E-state index in [1.807, 2.05) is 44.9 Å². The number of anilines is 2. The Hall–Kier alpha value is -2.11. The van der Waals surface area contributed by atoms with Crippen LogP contribution in [0.3, 0.4) is 0 Å². The molecule has 0 saturated carbocycles. The summed E-state index contributed by atoms with van der Waals surface area (Å²) in [5, 5.41) is 3.03. The van der Waals surface area contributed by atoms with Gasteiger partial charge in [0.25, 0.3) is 0 Å². The number of nitrogens with one attached hydrogen (secondary N) is 1. The molecule has 0 aliphatic heterocycles. The second-order valence-electron chi connectivity index (χ2n) is 4.22. The van der Waals surface area contributed by atoms with Crippen LogP contribution in [-0.4, -0.2) is 33.6 Å². The van der Waals surface area contributed by atoms with Crippen LogP contribution in [0.4, 0.5) is 11.6 Å². The zero-order chi connectivity index (χ0) is 13.1. The smallest absolute Gasteiger partial charge is 0.134 e. The van der Waals surface area contributed by atoms with E-state index in [1.54, 1.807) is 6.20 Å². The zero-order valence-electron chi connectivity index (χ0n) is 11.2. The summed E-state index contributed by atoms with van der Waals surface area (Å²) in [6.07, 6.45) is 3.74. The van der Waals surface area contributed by atoms with Gasteiger partial charge in [-0.1, -0.05) is 0 Å². The fourth-order valence-electron chi connectivity index (χ4n) is 1.72. The lowest BCUT2D eigenvalue weighted by Crippen LogP contribution is -2.20. The van der Waals surface area contributed by atoms with Crippen LogP contribution in [0, 0.1) is 6.92 Å². The van der Waals surface area contributed by atoms with E-state index in [0.29, 0.717) is 6.54 Å². The molecule has 2 aromatic rings. The minimum Gasteiger partial charge on any atom is -0.373 e. The molecule has 0 unspecified atom stereocenters. The van der Waals surface area contributed by atoms with Gasteiger partial charge in [0.1, 0.15) is 23.3 Å². The first-order valence-electron chi connectivity index (χ1n) is 5.81. The third-order valence-corrected chi connectivity index (χ3v) is 2.77. The average molecular weight is 246 g/mol. The second-order valence-corrected chi connectivity index (χ2v) is 4.22. The molecule has 2 rings (SSSR count). The van der Waals surface area contributed by atoms with Crippen LogP contribution >= 0.6 is 0 Å². The maximum atomic E-state index is 4.43. The Bertz CT molecular complexity index is 533. The molecule has 0 aromatic carbocycles. The van der Waals surface area contributed by atoms with Crippen LogP contribution in [0.15, 0.2) is 18.5 Å². The lowest BCUT2D eigenvalue weighted by Gasteiger charge is -2.18. The summed E-state index contributed by atoms with van der Waals surface area (Å²) in [6, 6.07) is 1.93. The van der Waals surface area contributed by atoms with E-state index < -0.39 is 0 Å². The maximum Gasteiger partial charge on any atom is 0.134 e. The van der Waals surface area contributed by atoms with Crippen LogP contribution in [0.5, 0.6) is 0 Å². The van der Waals surface area contributed by atoms with Crippen molar-refractivity contribution >= 4 is 11.6 Å². The molecule has 0 bridgehead atoms. The van der Waals surface area contributed by atoms with E-state index in [0.717, 1.165) is 23.3 Å². The first-order valence-corrected chi connectivity index (χ1v) is 5.81. The minimum absolute atomic E-state index is 0.711. The summed E-state index contributed by atoms with van der Waals surface area (Å²) >= 11 is 0. The number of aromatic nitrogens is 4. The minimum atomic E-state index is 0.711. The van der Waals surface area contributed by atoms with Crippen molar-refractivity contribution in [2.75, 3.05) is 24.3 Å². The van der Waals surface area contributed by atoms with Crippen LogP contribution in [0.25, 0.3) is 0 Å². The normalized spacial score (nSPS) is 10.4. The van der Waals surface area contributed by atoms with Crippen molar-refractivity contribution in [3.05, 3.63) is 30.1 Å². The average Bonchev–Trinajstić information content (AvgIpc) is 2.74. The predicted molar refractivity (Wildman–Crippen MR) is 71.6 cm³/mol. The molecule has 0 aliphatic carbocycles. The molecule has 1 N–H and O–H groups in total. The lowest BCUT2D eigenvalue weighted by molar-refractivity contribution is 0.753. The molecule has 2 heterocycles. The Morgan fingerprint density at radius 1 is 1.39 bits per heavy atom. The molecule has 0 spiro atoms. The largest absolute Gasteiger partial charge is 0.373 e. The molecular formula is C12H18N6. The van der Waals surface area contributed by atoms with Gasteiger partial charge in [-0.05, 0) is 6.92 Å². The highest BCUT2D eigenvalue weighted by Gasteiger charge is 2.09. The maximum absolute atomic E-state index is 4.43. The fourth-order valence-corrected chi connectivity index (χ4v) is 1.72. The van der Waals surface area contributed by atoms with E-state index in [-0.39, 0.29) is 0 Å². The van der Waals surface area contributed by atoms with Crippen LogP contribution in [0.2, 0.25) is 0 Å². The highest BCUT2D eigenvalue weighted by atomic mass is 15.2. The molecule has 2 aromatic heterocycles. The topological polar surface area (TPSA) is 58.9 Å². The van der Waals surface area contributed by atoms with Gasteiger partial charge in [-0.3, -0.25) is 0 Å². The first-order chi connectivity index (χ1) is 8.60. The molecule has 0 atom stereocenters. The summed E-state index contributed by atoms with van der Waals surface area (Å²) in [5.41, 5.74) is 0. The van der Waals surface area contributed by atoms with Gasteiger partial charge in [-0.2, -0.15) is 0 Å². The number of hydrogen-bond acceptors (Lipinski definition) is 5. The van der Waals surface area contributed by atoms with Gasteiger partial charge in [-0.15, -0.1) is 0 Å². The van der Waals surface area contributed by atoms with Crippen molar-refractivity contribution in [3.8, 4) is 0 Å². The number of imidazole rings is 1. The number of rotatable bonds is 4. The molecule has 6 nitrogen and oxygen atoms in total. The van der Waals surface area contributed by atoms with Crippen molar-refractivity contribution in [3.63, 3.8) is 0 Å². The quantitative estimate of drug-likeness (QED) is 0.878. The Morgan fingerprint density at radius 2 is 2.17 bits per heavy atom. The zero-order valence-corrected chi connectivity index (χ0v) is 11.2. The Balaban J connectivity index is 2.20. The molecule has 0 radical (unpaired) electrons. The fraction of sp³-hybridized carbons (Fsp3) is 0.417. The second kappa shape index (κ2) is 5.03. The summed E-state index contributed by atoms with van der Waals surface area (Å²) in [6.45, 7) is 2.60. The Kier molecular flexibility index (Phi) is 3.45. The van der Waals surface area contributed by atoms with Gasteiger partial charge in [0.05, 0.1) is 6.54 Å². The molecule has 18 heavy (non-hydrogen) atoms. The van der Waals surface area contributed by atoms with Gasteiger partial charge in [0, 0.05) is 39.6 Å². The van der Waals surface area contributed by atoms with Crippen LogP contribution < -0.4 is 10.2 Å². The van der Waals surface area contributed by atoms with E-state index in [9.17, 15) is 0 Å². The Labute approximate surface area is 107 Å². The number of hydrogen-bond donors (Lipinski definition) is 1. The molecule has 0 saturated heterocycles. The standard InChI is InChI=1S/C12H18N6/c1-9-15-10(13-2)7-11(16-9)18(4)8-12-14-5-6-17(12)3/h5-7H,8H2,1-4H3,(H,13,15,16). The third kappa shape index (κ3) is 2.58. The summed E-state index contributed by atoms with van der Waals surface area (Å²) in [5.74, 6) is 3.46. The van der Waals surface area contributed by atoms with Gasteiger partial charge in [0.2, 0.25) is 0 Å². The van der Waals surface area contributed by atoms with Crippen molar-refractivity contribution in [2.45, 2.75) is 13.5 Å². The molecule has 0 fully saturated rings. The first kappa shape index (κ1) is 12.3. The van der Waals surface area contributed by atoms with Gasteiger partial charge in [-0.25, -0.2) is 15.0 Å². The third-order valence-electron chi connectivity index (χ3n) is 2.77. The van der Waals surface area contributed by atoms with Gasteiger partial charge < -0.3 is 14.8 Å². The molecule has 6 heteroatoms. The highest BCUT2D eigenvalue weighted by molar-refractivity contribution is 5.48. The molecule has 96 valence electrons. The van der Waals surface area contributed by atoms with Crippen LogP contribution in [0.1, 0.15) is 11.6 Å². The summed E-state index contributed by atoms with van der Waals surface area (Å²) in [4.78, 5) is 15.1. The lowest BCUT2D eigenvalue weighted by atomic mass is 10.4. The number of aryl methyl sites for hydroxylation is 2. The SMILES string of the molecule is CNc1cc(N(C)Cc2nccn2C)nc(C)n1. The van der Waals surface area contributed by atoms with E-state index >= 15 is 0 Å². The van der Waals surface area contributed by atoms with Crippen molar-refractivity contribution in [1.82, 2.24) is 19.5 Å². The van der Waals surface area contributed by atoms with Gasteiger partial charge in [0.15, 0.2) is 0 Å². The number of nitrogens with zero attached hydrogens (tertiary/aromatic N) is 5. The van der Waals surface area contributed by atoms with E-state index in [1.165, 1.54) is 0 Å². The molecule has 0 aliphatic rings. The predicted octanol–water partition coefficient (Wildman–Crippen LogP) is 1.20. The van der Waals surface area contributed by atoms with E-state index in [2.05, 4.69) is 25.2 Å². The monoisotopic (exact) mass is 246 g/mol. The van der Waals surface area contributed by atoms with E-state index in [4.69, 9.17) is 0 Å². The van der Waals surface area contributed by atoms with Crippen molar-refractivity contribution < 1.29 is 0 Å².